The van der Waals surface area contributed by atoms with Crippen LogP contribution in [0.2, 0.25) is 0 Å². The van der Waals surface area contributed by atoms with Crippen molar-refractivity contribution in [2.75, 3.05) is 4.90 Å². The lowest BCUT2D eigenvalue weighted by Gasteiger charge is -2.23. The van der Waals surface area contributed by atoms with Gasteiger partial charge in [0.25, 0.3) is 5.91 Å². The van der Waals surface area contributed by atoms with Crippen LogP contribution in [0.1, 0.15) is 12.0 Å². The minimum absolute atomic E-state index is 0.0580. The van der Waals surface area contributed by atoms with Crippen LogP contribution in [-0.4, -0.2) is 11.9 Å². The average Bonchev–Trinajstić information content (AvgIpc) is 2.88. The number of nitrogens with zero attached hydrogens (tertiary/aromatic N) is 1. The van der Waals surface area contributed by atoms with E-state index in [2.05, 4.69) is 18.6 Å². The molecule has 2 nitrogen and oxygen atoms in total. The molecule has 0 fully saturated rings. The number of hydrogen-bond donors (Lipinski definition) is 0. The number of rotatable bonds is 4. The second-order valence-electron chi connectivity index (χ2n) is 4.82. The van der Waals surface area contributed by atoms with Crippen molar-refractivity contribution in [3.05, 3.63) is 84.8 Å². The van der Waals surface area contributed by atoms with Crippen molar-refractivity contribution >= 4 is 11.6 Å². The number of amides is 1. The summed E-state index contributed by atoms with van der Waals surface area (Å²) in [5.41, 5.74) is 2.14. The Morgan fingerprint density at radius 1 is 0.950 bits per heavy atom. The van der Waals surface area contributed by atoms with Gasteiger partial charge in [-0.1, -0.05) is 24.3 Å². The van der Waals surface area contributed by atoms with Gasteiger partial charge in [0.2, 0.25) is 0 Å². The van der Waals surface area contributed by atoms with E-state index < -0.39 is 0 Å². The molecular formula is C18H16NO+. The summed E-state index contributed by atoms with van der Waals surface area (Å²) in [4.78, 5) is 13.9. The zero-order valence-electron chi connectivity index (χ0n) is 11.1. The lowest BCUT2D eigenvalue weighted by molar-refractivity contribution is -0.113. The molecule has 0 aliphatic carbocycles. The monoisotopic (exact) mass is 262 g/mol. The highest BCUT2D eigenvalue weighted by Crippen LogP contribution is 2.25. The fraction of sp³-hybridized carbons (Fsp3) is 0.111. The molecule has 1 aliphatic rings. The van der Waals surface area contributed by atoms with Gasteiger partial charge in [-0.05, 0) is 30.3 Å². The number of carbonyl (C=O) groups excluding carboxylic acids is 1. The number of carbonyl (C=O) groups is 1. The molecule has 3 rings (SSSR count). The fourth-order valence-electron chi connectivity index (χ4n) is 2.46. The maximum atomic E-state index is 12.0. The highest BCUT2D eigenvalue weighted by molar-refractivity contribution is 6.04. The molecule has 2 aromatic carbocycles. The molecule has 0 saturated carbocycles. The highest BCUT2D eigenvalue weighted by Gasteiger charge is 2.27. The molecule has 0 saturated heterocycles. The molecule has 0 spiro atoms. The molecule has 1 aliphatic heterocycles. The van der Waals surface area contributed by atoms with Crippen LogP contribution in [0, 0.1) is 6.42 Å². The standard InChI is InChI=1S/C18H16NO/c20-18-14-13-17(12-11-15-7-3-1-4-8-15)19(18)16-9-5-2-6-10-16/h1-11,13-14,17H,12H2/q+1. The van der Waals surface area contributed by atoms with E-state index in [4.69, 9.17) is 0 Å². The van der Waals surface area contributed by atoms with Crippen LogP contribution < -0.4 is 4.90 Å². The van der Waals surface area contributed by atoms with E-state index in [1.807, 2.05) is 59.5 Å². The topological polar surface area (TPSA) is 20.3 Å². The third kappa shape index (κ3) is 2.59. The minimum Gasteiger partial charge on any atom is -0.300 e. The number of para-hydroxylation sites is 1. The second kappa shape index (κ2) is 5.66. The zero-order valence-corrected chi connectivity index (χ0v) is 11.1. The Bertz CT molecular complexity index is 604. The molecule has 0 aromatic heterocycles. The first-order valence-electron chi connectivity index (χ1n) is 6.79. The van der Waals surface area contributed by atoms with Crippen molar-refractivity contribution in [3.63, 3.8) is 0 Å². The van der Waals surface area contributed by atoms with E-state index in [1.54, 1.807) is 6.08 Å². The SMILES string of the molecule is O=C1C=CC(C[CH+]c2ccccc2)N1c1ccccc1. The number of benzene rings is 2. The minimum atomic E-state index is 0.0580. The maximum Gasteiger partial charge on any atom is 0.251 e. The summed E-state index contributed by atoms with van der Waals surface area (Å²) in [6.07, 6.45) is 6.63. The molecule has 20 heavy (non-hydrogen) atoms. The molecule has 2 aromatic rings. The van der Waals surface area contributed by atoms with Gasteiger partial charge in [-0.15, -0.1) is 0 Å². The molecule has 0 N–H and O–H groups in total. The summed E-state index contributed by atoms with van der Waals surface area (Å²) in [6, 6.07) is 20.1. The molecule has 1 atom stereocenters. The van der Waals surface area contributed by atoms with Crippen LogP contribution in [0.3, 0.4) is 0 Å². The first-order valence-corrected chi connectivity index (χ1v) is 6.79. The molecule has 1 unspecified atom stereocenters. The van der Waals surface area contributed by atoms with E-state index in [0.29, 0.717) is 0 Å². The molecule has 1 amide bonds. The highest BCUT2D eigenvalue weighted by atomic mass is 16.2. The first-order chi connectivity index (χ1) is 9.84. The summed E-state index contributed by atoms with van der Waals surface area (Å²) >= 11 is 0. The van der Waals surface area contributed by atoms with Gasteiger partial charge in [0, 0.05) is 36.7 Å². The molecule has 0 radical (unpaired) electrons. The van der Waals surface area contributed by atoms with Crippen LogP contribution >= 0.6 is 0 Å². The van der Waals surface area contributed by atoms with E-state index in [9.17, 15) is 4.79 Å². The maximum absolute atomic E-state index is 12.0. The van der Waals surface area contributed by atoms with E-state index in [1.165, 1.54) is 5.56 Å². The lowest BCUT2D eigenvalue weighted by Crippen LogP contribution is -2.33. The van der Waals surface area contributed by atoms with Crippen molar-refractivity contribution in [2.45, 2.75) is 12.5 Å². The van der Waals surface area contributed by atoms with Gasteiger partial charge < -0.3 is 4.90 Å². The molecule has 2 heteroatoms. The quantitative estimate of drug-likeness (QED) is 0.771. The number of hydrogen-bond acceptors (Lipinski definition) is 1. The van der Waals surface area contributed by atoms with Gasteiger partial charge in [0.15, 0.2) is 0 Å². The van der Waals surface area contributed by atoms with Crippen molar-refractivity contribution in [2.24, 2.45) is 0 Å². The summed E-state index contributed by atoms with van der Waals surface area (Å²) < 4.78 is 0. The third-order valence-electron chi connectivity index (χ3n) is 3.46. The second-order valence-corrected chi connectivity index (χ2v) is 4.82. The first kappa shape index (κ1) is 12.5. The van der Waals surface area contributed by atoms with Gasteiger partial charge >= 0.3 is 0 Å². The normalized spacial score (nSPS) is 17.5. The Balaban J connectivity index is 1.72. The van der Waals surface area contributed by atoms with Crippen molar-refractivity contribution in [1.82, 2.24) is 0 Å². The number of anilines is 1. The van der Waals surface area contributed by atoms with E-state index >= 15 is 0 Å². The fourth-order valence-corrected chi connectivity index (χ4v) is 2.46. The molecule has 1 heterocycles. The Hall–Kier alpha value is -2.48. The van der Waals surface area contributed by atoms with Gasteiger partial charge in [-0.25, -0.2) is 0 Å². The Morgan fingerprint density at radius 2 is 1.60 bits per heavy atom. The van der Waals surface area contributed by atoms with Crippen molar-refractivity contribution < 1.29 is 4.79 Å². The van der Waals surface area contributed by atoms with Crippen LogP contribution in [-0.2, 0) is 4.79 Å². The van der Waals surface area contributed by atoms with Gasteiger partial charge in [0.05, 0.1) is 6.04 Å². The van der Waals surface area contributed by atoms with E-state index in [-0.39, 0.29) is 11.9 Å². The lowest BCUT2D eigenvalue weighted by atomic mass is 10.0. The van der Waals surface area contributed by atoms with Crippen molar-refractivity contribution in [1.29, 1.82) is 0 Å². The van der Waals surface area contributed by atoms with Crippen LogP contribution in [0.25, 0.3) is 0 Å². The summed E-state index contributed by atoms with van der Waals surface area (Å²) in [7, 11) is 0. The molecular weight excluding hydrogens is 246 g/mol. The van der Waals surface area contributed by atoms with Gasteiger partial charge in [0.1, 0.15) is 5.56 Å². The largest absolute Gasteiger partial charge is 0.300 e. The Labute approximate surface area is 119 Å². The predicted molar refractivity (Wildman–Crippen MR) is 81.3 cm³/mol. The third-order valence-corrected chi connectivity index (χ3v) is 3.46. The van der Waals surface area contributed by atoms with Crippen molar-refractivity contribution in [3.8, 4) is 0 Å². The molecule has 98 valence electrons. The summed E-state index contributed by atoms with van der Waals surface area (Å²) in [6.45, 7) is 0. The predicted octanol–water partition coefficient (Wildman–Crippen LogP) is 3.60. The summed E-state index contributed by atoms with van der Waals surface area (Å²) in [5.74, 6) is 0.0580. The summed E-state index contributed by atoms with van der Waals surface area (Å²) in [5, 5.41) is 0. The molecule has 0 bridgehead atoms. The van der Waals surface area contributed by atoms with Gasteiger partial charge in [-0.2, -0.15) is 0 Å². The van der Waals surface area contributed by atoms with Crippen LogP contribution in [0.15, 0.2) is 72.8 Å². The Kier molecular flexibility index (Phi) is 3.55. The Morgan fingerprint density at radius 3 is 2.30 bits per heavy atom. The smallest absolute Gasteiger partial charge is 0.251 e. The zero-order chi connectivity index (χ0) is 13.8. The average molecular weight is 262 g/mol. The van der Waals surface area contributed by atoms with Crippen LogP contribution in [0.4, 0.5) is 5.69 Å². The van der Waals surface area contributed by atoms with E-state index in [0.717, 1.165) is 12.1 Å². The van der Waals surface area contributed by atoms with Gasteiger partial charge in [-0.3, -0.25) is 4.79 Å². The van der Waals surface area contributed by atoms with Crippen LogP contribution in [0.5, 0.6) is 0 Å².